The van der Waals surface area contributed by atoms with Gasteiger partial charge >= 0.3 is 0 Å². The van der Waals surface area contributed by atoms with Crippen molar-refractivity contribution in [2.24, 2.45) is 5.92 Å². The van der Waals surface area contributed by atoms with Crippen LogP contribution < -0.4 is 10.6 Å². The normalized spacial score (nSPS) is 25.4. The minimum absolute atomic E-state index is 0.137. The van der Waals surface area contributed by atoms with Crippen molar-refractivity contribution >= 4 is 23.4 Å². The lowest BCUT2D eigenvalue weighted by Gasteiger charge is -2.27. The number of amides is 1. The number of rotatable bonds is 5. The van der Waals surface area contributed by atoms with E-state index in [1.54, 1.807) is 0 Å². The largest absolute Gasteiger partial charge is 0.326 e. The van der Waals surface area contributed by atoms with E-state index in [-0.39, 0.29) is 11.8 Å². The standard InChI is InChI=1S/C19H29N3OS/c1-15-14-17(6-8-20-15)19(23)21-18-4-2-16(3-5-18)7-9-22-10-12-24-13-11-22/h2-5,15,17,20H,6-14H2,1H3,(H,21,23)/t15-,17-/m0/s1. The van der Waals surface area contributed by atoms with E-state index in [2.05, 4.69) is 46.4 Å². The highest BCUT2D eigenvalue weighted by atomic mass is 32.2. The van der Waals surface area contributed by atoms with Gasteiger partial charge in [0, 0.05) is 48.8 Å². The lowest BCUT2D eigenvalue weighted by Crippen LogP contribution is -2.40. The summed E-state index contributed by atoms with van der Waals surface area (Å²) in [6.45, 7) is 6.66. The van der Waals surface area contributed by atoms with Gasteiger partial charge in [-0.3, -0.25) is 4.79 Å². The Morgan fingerprint density at radius 3 is 2.75 bits per heavy atom. The van der Waals surface area contributed by atoms with Crippen molar-refractivity contribution in [2.75, 3.05) is 43.0 Å². The van der Waals surface area contributed by atoms with Gasteiger partial charge in [0.05, 0.1) is 0 Å². The van der Waals surface area contributed by atoms with E-state index in [0.29, 0.717) is 6.04 Å². The van der Waals surface area contributed by atoms with E-state index in [1.807, 2.05) is 12.1 Å². The first kappa shape index (κ1) is 17.8. The number of nitrogens with one attached hydrogen (secondary N) is 2. The molecule has 2 N–H and O–H groups in total. The van der Waals surface area contributed by atoms with Crippen molar-refractivity contribution in [1.82, 2.24) is 10.2 Å². The van der Waals surface area contributed by atoms with Crippen LogP contribution in [0.3, 0.4) is 0 Å². The number of carbonyl (C=O) groups is 1. The highest BCUT2D eigenvalue weighted by Gasteiger charge is 2.24. The second-order valence-corrected chi connectivity index (χ2v) is 8.19. The quantitative estimate of drug-likeness (QED) is 0.859. The van der Waals surface area contributed by atoms with Crippen molar-refractivity contribution in [3.8, 4) is 0 Å². The van der Waals surface area contributed by atoms with Crippen molar-refractivity contribution < 1.29 is 4.79 Å². The molecular weight excluding hydrogens is 318 g/mol. The molecule has 2 aliphatic rings. The maximum Gasteiger partial charge on any atom is 0.227 e. The van der Waals surface area contributed by atoms with Crippen LogP contribution in [0.15, 0.2) is 24.3 Å². The number of nitrogens with zero attached hydrogens (tertiary/aromatic N) is 1. The van der Waals surface area contributed by atoms with Gasteiger partial charge in [0.2, 0.25) is 5.91 Å². The van der Waals surface area contributed by atoms with Crippen molar-refractivity contribution in [3.63, 3.8) is 0 Å². The average Bonchev–Trinajstić information content (AvgIpc) is 2.62. The molecule has 132 valence electrons. The maximum atomic E-state index is 12.4. The summed E-state index contributed by atoms with van der Waals surface area (Å²) in [5, 5.41) is 6.48. The number of hydrogen-bond donors (Lipinski definition) is 2. The van der Waals surface area contributed by atoms with Gasteiger partial charge in [-0.05, 0) is 50.4 Å². The van der Waals surface area contributed by atoms with Crippen LogP contribution in [-0.2, 0) is 11.2 Å². The third kappa shape index (κ3) is 5.23. The molecule has 1 aromatic rings. The number of anilines is 1. The molecule has 2 aliphatic heterocycles. The number of benzene rings is 1. The lowest BCUT2D eigenvalue weighted by atomic mass is 9.92. The molecule has 2 heterocycles. The molecule has 5 heteroatoms. The van der Waals surface area contributed by atoms with Gasteiger partial charge in [-0.1, -0.05) is 12.1 Å². The molecule has 4 nitrogen and oxygen atoms in total. The van der Waals surface area contributed by atoms with Gasteiger partial charge in [-0.25, -0.2) is 0 Å². The predicted octanol–water partition coefficient (Wildman–Crippen LogP) is 2.60. The summed E-state index contributed by atoms with van der Waals surface area (Å²) in [7, 11) is 0. The molecule has 0 aromatic heterocycles. The van der Waals surface area contributed by atoms with Crippen molar-refractivity contribution in [1.29, 1.82) is 0 Å². The Morgan fingerprint density at radius 2 is 2.04 bits per heavy atom. The molecule has 2 fully saturated rings. The van der Waals surface area contributed by atoms with Crippen LogP contribution in [0.5, 0.6) is 0 Å². The van der Waals surface area contributed by atoms with E-state index in [4.69, 9.17) is 0 Å². The van der Waals surface area contributed by atoms with Gasteiger partial charge in [0.15, 0.2) is 0 Å². The summed E-state index contributed by atoms with van der Waals surface area (Å²) in [5.74, 6) is 2.83. The monoisotopic (exact) mass is 347 g/mol. The Bertz CT molecular complexity index is 528. The molecule has 0 spiro atoms. The molecule has 0 radical (unpaired) electrons. The number of hydrogen-bond acceptors (Lipinski definition) is 4. The van der Waals surface area contributed by atoms with Crippen LogP contribution in [0.4, 0.5) is 5.69 Å². The number of thioether (sulfide) groups is 1. The topological polar surface area (TPSA) is 44.4 Å². The first-order valence-electron chi connectivity index (χ1n) is 9.14. The van der Waals surface area contributed by atoms with Gasteiger partial charge in [0.25, 0.3) is 0 Å². The molecule has 0 bridgehead atoms. The lowest BCUT2D eigenvalue weighted by molar-refractivity contribution is -0.120. The molecule has 0 unspecified atom stereocenters. The highest BCUT2D eigenvalue weighted by Crippen LogP contribution is 2.19. The summed E-state index contributed by atoms with van der Waals surface area (Å²) in [6, 6.07) is 8.83. The van der Waals surface area contributed by atoms with Crippen LogP contribution in [0.2, 0.25) is 0 Å². The fraction of sp³-hybridized carbons (Fsp3) is 0.632. The Balaban J connectivity index is 1.46. The Morgan fingerprint density at radius 1 is 1.29 bits per heavy atom. The molecule has 0 saturated carbocycles. The molecule has 2 atom stereocenters. The minimum atomic E-state index is 0.137. The van der Waals surface area contributed by atoms with Gasteiger partial charge in [0.1, 0.15) is 0 Å². The summed E-state index contributed by atoms with van der Waals surface area (Å²) in [5.41, 5.74) is 2.27. The smallest absolute Gasteiger partial charge is 0.227 e. The van der Waals surface area contributed by atoms with Crippen molar-refractivity contribution in [3.05, 3.63) is 29.8 Å². The maximum absolute atomic E-state index is 12.4. The summed E-state index contributed by atoms with van der Waals surface area (Å²) >= 11 is 2.05. The van der Waals surface area contributed by atoms with Crippen LogP contribution in [-0.4, -0.2) is 54.5 Å². The van der Waals surface area contributed by atoms with E-state index < -0.39 is 0 Å². The molecule has 2 saturated heterocycles. The second-order valence-electron chi connectivity index (χ2n) is 6.97. The second kappa shape index (κ2) is 8.88. The van der Waals surface area contributed by atoms with Gasteiger partial charge < -0.3 is 15.5 Å². The van der Waals surface area contributed by atoms with Crippen molar-refractivity contribution in [2.45, 2.75) is 32.2 Å². The van der Waals surface area contributed by atoms with E-state index >= 15 is 0 Å². The summed E-state index contributed by atoms with van der Waals surface area (Å²) < 4.78 is 0. The zero-order chi connectivity index (χ0) is 16.8. The molecule has 1 aromatic carbocycles. The molecule has 24 heavy (non-hydrogen) atoms. The third-order valence-corrected chi connectivity index (χ3v) is 5.98. The van der Waals surface area contributed by atoms with E-state index in [1.165, 1.54) is 30.2 Å². The van der Waals surface area contributed by atoms with Crippen LogP contribution in [0.25, 0.3) is 0 Å². The van der Waals surface area contributed by atoms with Gasteiger partial charge in [-0.2, -0.15) is 11.8 Å². The fourth-order valence-electron chi connectivity index (χ4n) is 3.48. The van der Waals surface area contributed by atoms with Crippen LogP contribution >= 0.6 is 11.8 Å². The average molecular weight is 348 g/mol. The summed E-state index contributed by atoms with van der Waals surface area (Å²) in [4.78, 5) is 14.9. The molecule has 1 amide bonds. The Kier molecular flexibility index (Phi) is 6.58. The fourth-order valence-corrected chi connectivity index (χ4v) is 4.46. The highest BCUT2D eigenvalue weighted by molar-refractivity contribution is 7.99. The first-order chi connectivity index (χ1) is 11.7. The van der Waals surface area contributed by atoms with E-state index in [0.717, 1.165) is 38.0 Å². The minimum Gasteiger partial charge on any atom is -0.326 e. The zero-order valence-electron chi connectivity index (χ0n) is 14.6. The Hall–Kier alpha value is -1.04. The van der Waals surface area contributed by atoms with Crippen LogP contribution in [0.1, 0.15) is 25.3 Å². The van der Waals surface area contributed by atoms with E-state index in [9.17, 15) is 4.79 Å². The zero-order valence-corrected chi connectivity index (χ0v) is 15.4. The first-order valence-corrected chi connectivity index (χ1v) is 10.3. The molecule has 0 aliphatic carbocycles. The van der Waals surface area contributed by atoms with Gasteiger partial charge in [-0.15, -0.1) is 0 Å². The SMILES string of the molecule is C[C@H]1C[C@@H](C(=O)Nc2ccc(CCN3CCSCC3)cc2)CCN1. The predicted molar refractivity (Wildman–Crippen MR) is 103 cm³/mol. The summed E-state index contributed by atoms with van der Waals surface area (Å²) in [6.07, 6.45) is 2.95. The third-order valence-electron chi connectivity index (χ3n) is 5.04. The number of carbonyl (C=O) groups excluding carboxylic acids is 1. The molecular formula is C19H29N3OS. The number of piperidine rings is 1. The van der Waals surface area contributed by atoms with Crippen LogP contribution in [0, 0.1) is 5.92 Å². The Labute approximate surface area is 149 Å². The molecule has 3 rings (SSSR count).